The Kier molecular flexibility index (Phi) is 5.08. The van der Waals surface area contributed by atoms with Crippen LogP contribution in [0, 0.1) is 5.92 Å². The van der Waals surface area contributed by atoms with Gasteiger partial charge in [0, 0.05) is 18.5 Å². The summed E-state index contributed by atoms with van der Waals surface area (Å²) < 4.78 is 11.1. The maximum atomic E-state index is 11.9. The van der Waals surface area contributed by atoms with Gasteiger partial charge in [0.25, 0.3) is 0 Å². The maximum absolute atomic E-state index is 11.9. The number of anilines is 1. The van der Waals surface area contributed by atoms with E-state index >= 15 is 0 Å². The highest BCUT2D eigenvalue weighted by Gasteiger charge is 2.28. The first-order chi connectivity index (χ1) is 11.8. The minimum atomic E-state index is -0.0891. The molecule has 0 amide bonds. The van der Waals surface area contributed by atoms with E-state index in [4.69, 9.17) is 9.15 Å². The van der Waals surface area contributed by atoms with Crippen molar-refractivity contribution < 1.29 is 13.9 Å². The minimum Gasteiger partial charge on any atom is -0.466 e. The lowest BCUT2D eigenvalue weighted by atomic mass is 9.97. The molecule has 4 rings (SSSR count). The van der Waals surface area contributed by atoms with Gasteiger partial charge in [-0.1, -0.05) is 12.1 Å². The van der Waals surface area contributed by atoms with Crippen molar-refractivity contribution in [2.75, 3.05) is 24.6 Å². The third kappa shape index (κ3) is 3.14. The molecule has 0 saturated carbocycles. The number of fused-ring (bicyclic) bond motifs is 3. The molecule has 0 N–H and O–H groups in total. The first-order valence-corrected chi connectivity index (χ1v) is 8.31. The lowest BCUT2D eigenvalue weighted by Gasteiger charge is -2.31. The predicted octanol–water partition coefficient (Wildman–Crippen LogP) is 3.58. The number of esters is 1. The molecule has 1 fully saturated rings. The summed E-state index contributed by atoms with van der Waals surface area (Å²) in [6, 6.07) is 7.87. The number of piperidine rings is 1. The molecule has 132 valence electrons. The molecule has 0 aliphatic carbocycles. The number of halogens is 1. The molecule has 0 spiro atoms. The molecule has 0 bridgehead atoms. The van der Waals surface area contributed by atoms with Crippen LogP contribution in [0.15, 0.2) is 35.0 Å². The summed E-state index contributed by atoms with van der Waals surface area (Å²) in [6.07, 6.45) is 3.12. The second-order valence-corrected chi connectivity index (χ2v) is 5.99. The van der Waals surface area contributed by atoms with Crippen LogP contribution in [-0.4, -0.2) is 35.6 Å². The van der Waals surface area contributed by atoms with Gasteiger partial charge in [-0.3, -0.25) is 4.79 Å². The minimum absolute atomic E-state index is 0. The van der Waals surface area contributed by atoms with Crippen LogP contribution in [0.2, 0.25) is 0 Å². The molecule has 0 radical (unpaired) electrons. The molecule has 1 saturated heterocycles. The molecule has 0 unspecified atom stereocenters. The van der Waals surface area contributed by atoms with Gasteiger partial charge in [-0.2, -0.15) is 0 Å². The van der Waals surface area contributed by atoms with E-state index in [1.807, 2.05) is 31.2 Å². The van der Waals surface area contributed by atoms with E-state index in [0.29, 0.717) is 12.2 Å². The molecule has 3 aromatic rings. The van der Waals surface area contributed by atoms with Crippen LogP contribution in [0.5, 0.6) is 0 Å². The molecular formula is C18H20ClN3O3. The summed E-state index contributed by atoms with van der Waals surface area (Å²) in [7, 11) is 0. The Hall–Kier alpha value is -2.34. The fourth-order valence-corrected chi connectivity index (χ4v) is 3.32. The van der Waals surface area contributed by atoms with Crippen molar-refractivity contribution in [3.05, 3.63) is 30.6 Å². The number of carbonyl (C=O) groups is 1. The quantitative estimate of drug-likeness (QED) is 0.664. The highest BCUT2D eigenvalue weighted by molar-refractivity contribution is 6.05. The lowest BCUT2D eigenvalue weighted by Crippen LogP contribution is -2.37. The number of hydrogen-bond acceptors (Lipinski definition) is 6. The molecule has 7 heteroatoms. The van der Waals surface area contributed by atoms with Gasteiger partial charge in [0.1, 0.15) is 17.4 Å². The zero-order chi connectivity index (χ0) is 16.5. The first kappa shape index (κ1) is 17.5. The fraction of sp³-hybridized carbons (Fsp3) is 0.389. The van der Waals surface area contributed by atoms with Crippen LogP contribution in [0.3, 0.4) is 0 Å². The van der Waals surface area contributed by atoms with Crippen LogP contribution >= 0.6 is 12.4 Å². The number of hydrogen-bond donors (Lipinski definition) is 0. The number of aromatic nitrogens is 2. The summed E-state index contributed by atoms with van der Waals surface area (Å²) >= 11 is 0. The lowest BCUT2D eigenvalue weighted by molar-refractivity contribution is -0.148. The van der Waals surface area contributed by atoms with Crippen LogP contribution in [0.1, 0.15) is 19.8 Å². The topological polar surface area (TPSA) is 68.5 Å². The van der Waals surface area contributed by atoms with Gasteiger partial charge in [0.05, 0.1) is 12.5 Å². The SMILES string of the molecule is CCOC(=O)C1CCN(c2ncnc3c2oc2ccccc23)CC1.Cl. The standard InChI is InChI=1S/C18H19N3O3.ClH/c1-2-23-18(22)12-7-9-21(10-8-12)17-16-15(19-11-20-17)13-5-3-4-6-14(13)24-16;/h3-6,11-12H,2,7-10H2,1H3;1H. The van der Waals surface area contributed by atoms with E-state index in [1.54, 1.807) is 6.33 Å². The Bertz CT molecular complexity index is 888. The van der Waals surface area contributed by atoms with Gasteiger partial charge in [0.2, 0.25) is 0 Å². The molecule has 1 aliphatic heterocycles. The summed E-state index contributed by atoms with van der Waals surface area (Å²) in [6.45, 7) is 3.79. The largest absolute Gasteiger partial charge is 0.466 e. The Morgan fingerprint density at radius 2 is 2.04 bits per heavy atom. The van der Waals surface area contributed by atoms with Crippen LogP contribution in [0.4, 0.5) is 5.82 Å². The van der Waals surface area contributed by atoms with Gasteiger partial charge < -0.3 is 14.1 Å². The molecule has 1 aromatic carbocycles. The monoisotopic (exact) mass is 361 g/mol. The molecule has 6 nitrogen and oxygen atoms in total. The third-order valence-corrected chi connectivity index (χ3v) is 4.55. The van der Waals surface area contributed by atoms with Crippen molar-refractivity contribution >= 4 is 46.3 Å². The van der Waals surface area contributed by atoms with E-state index in [9.17, 15) is 4.79 Å². The Morgan fingerprint density at radius 1 is 1.28 bits per heavy atom. The van der Waals surface area contributed by atoms with E-state index < -0.39 is 0 Å². The third-order valence-electron chi connectivity index (χ3n) is 4.55. The summed E-state index contributed by atoms with van der Waals surface area (Å²) in [5, 5.41) is 0.998. The van der Waals surface area contributed by atoms with E-state index in [2.05, 4.69) is 14.9 Å². The number of para-hydroxylation sites is 1. The molecule has 25 heavy (non-hydrogen) atoms. The number of nitrogens with zero attached hydrogens (tertiary/aromatic N) is 3. The number of benzene rings is 1. The van der Waals surface area contributed by atoms with Crippen molar-refractivity contribution in [1.82, 2.24) is 9.97 Å². The highest BCUT2D eigenvalue weighted by atomic mass is 35.5. The Balaban J connectivity index is 0.00000182. The summed E-state index contributed by atoms with van der Waals surface area (Å²) in [5.74, 6) is 0.696. The average molecular weight is 362 g/mol. The second-order valence-electron chi connectivity index (χ2n) is 5.99. The molecule has 2 aromatic heterocycles. The predicted molar refractivity (Wildman–Crippen MR) is 98.1 cm³/mol. The molecular weight excluding hydrogens is 342 g/mol. The van der Waals surface area contributed by atoms with Crippen LogP contribution in [-0.2, 0) is 9.53 Å². The van der Waals surface area contributed by atoms with E-state index in [1.165, 1.54) is 0 Å². The fourth-order valence-electron chi connectivity index (χ4n) is 3.32. The van der Waals surface area contributed by atoms with Crippen molar-refractivity contribution in [2.24, 2.45) is 5.92 Å². The summed E-state index contributed by atoms with van der Waals surface area (Å²) in [5.41, 5.74) is 2.37. The highest BCUT2D eigenvalue weighted by Crippen LogP contribution is 2.33. The molecule has 1 aliphatic rings. The number of carbonyl (C=O) groups excluding carboxylic acids is 1. The van der Waals surface area contributed by atoms with Crippen LogP contribution in [0.25, 0.3) is 22.1 Å². The van der Waals surface area contributed by atoms with Crippen molar-refractivity contribution in [3.8, 4) is 0 Å². The van der Waals surface area contributed by atoms with Gasteiger partial charge in [0.15, 0.2) is 11.4 Å². The van der Waals surface area contributed by atoms with Crippen molar-refractivity contribution in [3.63, 3.8) is 0 Å². The van der Waals surface area contributed by atoms with Gasteiger partial charge >= 0.3 is 5.97 Å². The Morgan fingerprint density at radius 3 is 2.80 bits per heavy atom. The number of ether oxygens (including phenoxy) is 1. The molecule has 0 atom stereocenters. The average Bonchev–Trinajstić information content (AvgIpc) is 3.01. The van der Waals surface area contributed by atoms with Gasteiger partial charge in [-0.05, 0) is 31.9 Å². The van der Waals surface area contributed by atoms with Crippen molar-refractivity contribution in [1.29, 1.82) is 0 Å². The summed E-state index contributed by atoms with van der Waals surface area (Å²) in [4.78, 5) is 22.9. The smallest absolute Gasteiger partial charge is 0.309 e. The van der Waals surface area contributed by atoms with E-state index in [0.717, 1.165) is 48.2 Å². The number of rotatable bonds is 3. The Labute approximate surface area is 151 Å². The molecule has 3 heterocycles. The van der Waals surface area contributed by atoms with Gasteiger partial charge in [-0.15, -0.1) is 12.4 Å². The normalized spacial score (nSPS) is 15.3. The zero-order valence-electron chi connectivity index (χ0n) is 14.0. The number of furan rings is 1. The second kappa shape index (κ2) is 7.27. The van der Waals surface area contributed by atoms with Crippen LogP contribution < -0.4 is 4.90 Å². The van der Waals surface area contributed by atoms with Crippen molar-refractivity contribution in [2.45, 2.75) is 19.8 Å². The van der Waals surface area contributed by atoms with E-state index in [-0.39, 0.29) is 24.3 Å². The zero-order valence-corrected chi connectivity index (χ0v) is 14.8. The van der Waals surface area contributed by atoms with Gasteiger partial charge in [-0.25, -0.2) is 9.97 Å². The maximum Gasteiger partial charge on any atom is 0.309 e. The first-order valence-electron chi connectivity index (χ1n) is 8.31.